The number of aliphatic imine (C=N–C) groups is 1. The summed E-state index contributed by atoms with van der Waals surface area (Å²) in [5, 5.41) is 9.10. The molecule has 2 aromatic carbocycles. The van der Waals surface area contributed by atoms with Gasteiger partial charge >= 0.3 is 0 Å². The zero-order valence-corrected chi connectivity index (χ0v) is 14.1. The van der Waals surface area contributed by atoms with Crippen molar-refractivity contribution in [1.29, 1.82) is 0 Å². The third kappa shape index (κ3) is 5.76. The fourth-order valence-corrected chi connectivity index (χ4v) is 2.26. The maximum absolute atomic E-state index is 11.9. The van der Waals surface area contributed by atoms with Gasteiger partial charge in [0.15, 0.2) is 5.96 Å². The van der Waals surface area contributed by atoms with Gasteiger partial charge in [-0.25, -0.2) is 0 Å². The van der Waals surface area contributed by atoms with E-state index in [9.17, 15) is 4.79 Å². The SMILES string of the molecule is CN=C(NCC(=O)Nc1ccccc1)NCC(C)c1ccccc1. The maximum Gasteiger partial charge on any atom is 0.243 e. The molecule has 5 heteroatoms. The van der Waals surface area contributed by atoms with Crippen LogP contribution < -0.4 is 16.0 Å². The second-order valence-electron chi connectivity index (χ2n) is 5.53. The molecule has 0 aromatic heterocycles. The van der Waals surface area contributed by atoms with Crippen LogP contribution in [0.25, 0.3) is 0 Å². The van der Waals surface area contributed by atoms with Crippen molar-refractivity contribution in [2.45, 2.75) is 12.8 Å². The predicted octanol–water partition coefficient (Wildman–Crippen LogP) is 2.59. The highest BCUT2D eigenvalue weighted by atomic mass is 16.1. The second kappa shape index (κ2) is 9.35. The van der Waals surface area contributed by atoms with Crippen LogP contribution >= 0.6 is 0 Å². The summed E-state index contributed by atoms with van der Waals surface area (Å²) in [6.07, 6.45) is 0. The molecule has 1 unspecified atom stereocenters. The van der Waals surface area contributed by atoms with E-state index in [1.807, 2.05) is 48.5 Å². The number of guanidine groups is 1. The molecule has 0 saturated carbocycles. The first kappa shape index (κ1) is 17.5. The van der Waals surface area contributed by atoms with Crippen molar-refractivity contribution in [2.24, 2.45) is 4.99 Å². The van der Waals surface area contributed by atoms with Crippen LogP contribution in [0.3, 0.4) is 0 Å². The van der Waals surface area contributed by atoms with Gasteiger partial charge in [0.1, 0.15) is 0 Å². The molecule has 1 amide bonds. The van der Waals surface area contributed by atoms with Gasteiger partial charge in [0.05, 0.1) is 6.54 Å². The van der Waals surface area contributed by atoms with Gasteiger partial charge in [-0.1, -0.05) is 55.5 Å². The van der Waals surface area contributed by atoms with Crippen molar-refractivity contribution in [3.63, 3.8) is 0 Å². The average molecular weight is 324 g/mol. The highest BCUT2D eigenvalue weighted by Gasteiger charge is 2.07. The number of hydrogen-bond acceptors (Lipinski definition) is 2. The largest absolute Gasteiger partial charge is 0.356 e. The van der Waals surface area contributed by atoms with Crippen LogP contribution in [0.2, 0.25) is 0 Å². The summed E-state index contributed by atoms with van der Waals surface area (Å²) in [6, 6.07) is 19.7. The standard InChI is InChI=1S/C19H24N4O/c1-15(16-9-5-3-6-10-16)13-21-19(20-2)22-14-18(24)23-17-11-7-4-8-12-17/h3-12,15H,13-14H2,1-2H3,(H,23,24)(H2,20,21,22). The van der Waals surface area contributed by atoms with Gasteiger partial charge in [-0.05, 0) is 23.6 Å². The Morgan fingerprint density at radius 2 is 1.62 bits per heavy atom. The Kier molecular flexibility index (Phi) is 6.83. The van der Waals surface area contributed by atoms with E-state index in [-0.39, 0.29) is 12.5 Å². The first-order valence-corrected chi connectivity index (χ1v) is 8.03. The zero-order chi connectivity index (χ0) is 17.2. The van der Waals surface area contributed by atoms with E-state index >= 15 is 0 Å². The topological polar surface area (TPSA) is 65.5 Å². The minimum Gasteiger partial charge on any atom is -0.356 e. The molecule has 0 bridgehead atoms. The van der Waals surface area contributed by atoms with Gasteiger partial charge in [-0.3, -0.25) is 9.79 Å². The third-order valence-electron chi connectivity index (χ3n) is 3.64. The Labute approximate surface area is 143 Å². The average Bonchev–Trinajstić information content (AvgIpc) is 2.63. The number of rotatable bonds is 6. The molecule has 126 valence electrons. The fourth-order valence-electron chi connectivity index (χ4n) is 2.26. The zero-order valence-electron chi connectivity index (χ0n) is 14.1. The van der Waals surface area contributed by atoms with Crippen LogP contribution in [-0.4, -0.2) is 32.0 Å². The van der Waals surface area contributed by atoms with Gasteiger partial charge in [0.2, 0.25) is 5.91 Å². The number of anilines is 1. The lowest BCUT2D eigenvalue weighted by Crippen LogP contribution is -2.42. The van der Waals surface area contributed by atoms with Crippen molar-refractivity contribution in [3.05, 3.63) is 66.2 Å². The molecule has 3 N–H and O–H groups in total. The number of benzene rings is 2. The van der Waals surface area contributed by atoms with E-state index in [0.717, 1.165) is 12.2 Å². The van der Waals surface area contributed by atoms with Gasteiger partial charge in [-0.15, -0.1) is 0 Å². The molecule has 0 aliphatic rings. The monoisotopic (exact) mass is 324 g/mol. The van der Waals surface area contributed by atoms with Crippen LogP contribution in [0.4, 0.5) is 5.69 Å². The number of hydrogen-bond donors (Lipinski definition) is 3. The Bertz CT molecular complexity index is 656. The van der Waals surface area contributed by atoms with E-state index in [4.69, 9.17) is 0 Å². The highest BCUT2D eigenvalue weighted by molar-refractivity contribution is 5.94. The lowest BCUT2D eigenvalue weighted by atomic mass is 10.0. The number of amides is 1. The summed E-state index contributed by atoms with van der Waals surface area (Å²) >= 11 is 0. The van der Waals surface area contributed by atoms with Crippen LogP contribution in [-0.2, 0) is 4.79 Å². The molecule has 24 heavy (non-hydrogen) atoms. The smallest absolute Gasteiger partial charge is 0.243 e. The first-order valence-electron chi connectivity index (χ1n) is 8.03. The van der Waals surface area contributed by atoms with Gasteiger partial charge in [0.25, 0.3) is 0 Å². The predicted molar refractivity (Wildman–Crippen MR) is 99.3 cm³/mol. The van der Waals surface area contributed by atoms with Crippen molar-refractivity contribution in [1.82, 2.24) is 10.6 Å². The highest BCUT2D eigenvalue weighted by Crippen LogP contribution is 2.12. The summed E-state index contributed by atoms with van der Waals surface area (Å²) in [4.78, 5) is 16.1. The van der Waals surface area contributed by atoms with Gasteiger partial charge in [-0.2, -0.15) is 0 Å². The number of nitrogens with zero attached hydrogens (tertiary/aromatic N) is 1. The second-order valence-corrected chi connectivity index (χ2v) is 5.53. The molecule has 1 atom stereocenters. The molecular formula is C19H24N4O. The number of carbonyl (C=O) groups is 1. The molecule has 0 spiro atoms. The molecule has 0 fully saturated rings. The van der Waals surface area contributed by atoms with Crippen molar-refractivity contribution < 1.29 is 4.79 Å². The van der Waals surface area contributed by atoms with E-state index in [1.165, 1.54) is 5.56 Å². The Morgan fingerprint density at radius 3 is 2.25 bits per heavy atom. The van der Waals surface area contributed by atoms with Crippen molar-refractivity contribution in [3.8, 4) is 0 Å². The lowest BCUT2D eigenvalue weighted by Gasteiger charge is -2.16. The molecule has 0 aliphatic heterocycles. The molecule has 0 aliphatic carbocycles. The summed E-state index contributed by atoms with van der Waals surface area (Å²) in [5.74, 6) is 0.851. The van der Waals surface area contributed by atoms with E-state index < -0.39 is 0 Å². The van der Waals surface area contributed by atoms with Crippen LogP contribution in [0, 0.1) is 0 Å². The van der Waals surface area contributed by atoms with E-state index in [0.29, 0.717) is 11.9 Å². The Hall–Kier alpha value is -2.82. The fraction of sp³-hybridized carbons (Fsp3) is 0.263. The number of para-hydroxylation sites is 1. The molecular weight excluding hydrogens is 300 g/mol. The first-order chi connectivity index (χ1) is 11.7. The molecule has 2 rings (SSSR count). The Balaban J connectivity index is 1.75. The number of carbonyl (C=O) groups excluding carboxylic acids is 1. The third-order valence-corrected chi connectivity index (χ3v) is 3.64. The molecule has 0 heterocycles. The maximum atomic E-state index is 11.9. The minimum atomic E-state index is -0.111. The lowest BCUT2D eigenvalue weighted by molar-refractivity contribution is -0.115. The van der Waals surface area contributed by atoms with Crippen LogP contribution in [0.15, 0.2) is 65.7 Å². The molecule has 2 aromatic rings. The Morgan fingerprint density at radius 1 is 1.00 bits per heavy atom. The van der Waals surface area contributed by atoms with Gasteiger partial charge in [0, 0.05) is 19.3 Å². The van der Waals surface area contributed by atoms with Crippen molar-refractivity contribution in [2.75, 3.05) is 25.5 Å². The van der Waals surface area contributed by atoms with E-state index in [2.05, 4.69) is 40.0 Å². The summed E-state index contributed by atoms with van der Waals surface area (Å²) < 4.78 is 0. The molecule has 0 saturated heterocycles. The van der Waals surface area contributed by atoms with Crippen molar-refractivity contribution >= 4 is 17.6 Å². The van der Waals surface area contributed by atoms with Gasteiger partial charge < -0.3 is 16.0 Å². The summed E-state index contributed by atoms with van der Waals surface area (Å²) in [7, 11) is 1.69. The minimum absolute atomic E-state index is 0.111. The molecule has 5 nitrogen and oxygen atoms in total. The van der Waals surface area contributed by atoms with E-state index in [1.54, 1.807) is 7.05 Å². The summed E-state index contributed by atoms with van der Waals surface area (Å²) in [6.45, 7) is 3.05. The molecule has 0 radical (unpaired) electrons. The van der Waals surface area contributed by atoms with Crippen LogP contribution in [0.5, 0.6) is 0 Å². The summed E-state index contributed by atoms with van der Waals surface area (Å²) in [5.41, 5.74) is 2.05. The number of nitrogens with one attached hydrogen (secondary N) is 3. The van der Waals surface area contributed by atoms with Crippen LogP contribution in [0.1, 0.15) is 18.4 Å². The normalized spacial score (nSPS) is 12.3. The quantitative estimate of drug-likeness (QED) is 0.565.